The van der Waals surface area contributed by atoms with Crippen molar-refractivity contribution in [1.29, 1.82) is 0 Å². The Bertz CT molecular complexity index is 487. The fraction of sp³-hybridized carbons (Fsp3) is 0.786. The normalized spacial score (nSPS) is 20.1. The lowest BCUT2D eigenvalue weighted by molar-refractivity contribution is -0.0364. The molecule has 0 saturated carbocycles. The molecule has 1 fully saturated rings. The number of morpholine rings is 1. The summed E-state index contributed by atoms with van der Waals surface area (Å²) in [7, 11) is 0. The van der Waals surface area contributed by atoms with E-state index in [0.29, 0.717) is 31.2 Å². The lowest BCUT2D eigenvalue weighted by atomic mass is 10.1. The van der Waals surface area contributed by atoms with Gasteiger partial charge in [0.05, 0.1) is 24.9 Å². The second-order valence-electron chi connectivity index (χ2n) is 5.86. The van der Waals surface area contributed by atoms with Crippen LogP contribution in [0, 0.1) is 5.92 Å². The Balaban J connectivity index is 2.13. The minimum absolute atomic E-state index is 0.0351. The maximum atomic E-state index is 11.3. The van der Waals surface area contributed by atoms with Crippen LogP contribution in [0.1, 0.15) is 37.0 Å². The van der Waals surface area contributed by atoms with Gasteiger partial charge in [-0.2, -0.15) is 0 Å². The SMILES string of the molecule is CCN1CCOC(Cn2nnc(C(=O)O)c2CC(C)C)C1. The Kier molecular flexibility index (Phi) is 5.30. The van der Waals surface area contributed by atoms with Gasteiger partial charge in [-0.05, 0) is 18.9 Å². The highest BCUT2D eigenvalue weighted by molar-refractivity contribution is 5.86. The molecule has 7 heteroatoms. The van der Waals surface area contributed by atoms with Crippen molar-refractivity contribution in [3.8, 4) is 0 Å². The molecule has 0 bridgehead atoms. The molecule has 2 heterocycles. The zero-order valence-electron chi connectivity index (χ0n) is 12.9. The molecule has 1 N–H and O–H groups in total. The van der Waals surface area contributed by atoms with Gasteiger partial charge >= 0.3 is 5.97 Å². The molecule has 1 aliphatic heterocycles. The quantitative estimate of drug-likeness (QED) is 0.840. The van der Waals surface area contributed by atoms with Crippen LogP contribution in [0.3, 0.4) is 0 Å². The van der Waals surface area contributed by atoms with E-state index in [0.717, 1.165) is 19.6 Å². The first-order chi connectivity index (χ1) is 10.0. The third kappa shape index (κ3) is 4.01. The maximum absolute atomic E-state index is 11.3. The zero-order valence-corrected chi connectivity index (χ0v) is 12.9. The fourth-order valence-corrected chi connectivity index (χ4v) is 2.61. The average Bonchev–Trinajstić information content (AvgIpc) is 2.81. The van der Waals surface area contributed by atoms with Gasteiger partial charge in [0, 0.05) is 13.1 Å². The number of carbonyl (C=O) groups is 1. The second-order valence-corrected chi connectivity index (χ2v) is 5.86. The van der Waals surface area contributed by atoms with E-state index in [1.807, 2.05) is 0 Å². The van der Waals surface area contributed by atoms with Crippen molar-refractivity contribution in [1.82, 2.24) is 19.9 Å². The number of nitrogens with zero attached hydrogens (tertiary/aromatic N) is 4. The summed E-state index contributed by atoms with van der Waals surface area (Å²) < 4.78 is 7.47. The van der Waals surface area contributed by atoms with Crippen molar-refractivity contribution < 1.29 is 14.6 Å². The summed E-state index contributed by atoms with van der Waals surface area (Å²) in [6.07, 6.45) is 0.687. The maximum Gasteiger partial charge on any atom is 0.358 e. The molecule has 0 aromatic carbocycles. The van der Waals surface area contributed by atoms with Gasteiger partial charge in [-0.1, -0.05) is 26.0 Å². The first-order valence-corrected chi connectivity index (χ1v) is 7.50. The second kappa shape index (κ2) is 7.00. The lowest BCUT2D eigenvalue weighted by Gasteiger charge is -2.32. The van der Waals surface area contributed by atoms with Crippen LogP contribution in [0.4, 0.5) is 0 Å². The summed E-state index contributed by atoms with van der Waals surface area (Å²) in [6.45, 7) is 10.3. The molecule has 0 amide bonds. The van der Waals surface area contributed by atoms with E-state index in [-0.39, 0.29) is 11.8 Å². The molecule has 1 aromatic rings. The molecule has 1 atom stereocenters. The highest BCUT2D eigenvalue weighted by atomic mass is 16.5. The lowest BCUT2D eigenvalue weighted by Crippen LogP contribution is -2.44. The molecule has 21 heavy (non-hydrogen) atoms. The Labute approximate surface area is 124 Å². The molecule has 1 aliphatic rings. The third-order valence-electron chi connectivity index (χ3n) is 3.69. The highest BCUT2D eigenvalue weighted by Gasteiger charge is 2.24. The van der Waals surface area contributed by atoms with Gasteiger partial charge in [-0.3, -0.25) is 4.90 Å². The average molecular weight is 296 g/mol. The fourth-order valence-electron chi connectivity index (χ4n) is 2.61. The topological polar surface area (TPSA) is 80.5 Å². The number of rotatable bonds is 6. The van der Waals surface area contributed by atoms with Crippen molar-refractivity contribution >= 4 is 5.97 Å². The van der Waals surface area contributed by atoms with Crippen LogP contribution in [0.25, 0.3) is 0 Å². The number of aromatic nitrogens is 3. The molecule has 1 unspecified atom stereocenters. The first-order valence-electron chi connectivity index (χ1n) is 7.50. The molecule has 1 aromatic heterocycles. The molecule has 0 spiro atoms. The van der Waals surface area contributed by atoms with Gasteiger partial charge in [-0.15, -0.1) is 5.10 Å². The minimum Gasteiger partial charge on any atom is -0.476 e. The third-order valence-corrected chi connectivity index (χ3v) is 3.69. The largest absolute Gasteiger partial charge is 0.476 e. The Morgan fingerprint density at radius 3 is 2.90 bits per heavy atom. The summed E-state index contributed by atoms with van der Waals surface area (Å²) in [5.41, 5.74) is 0.751. The van der Waals surface area contributed by atoms with Crippen LogP contribution < -0.4 is 0 Å². The zero-order chi connectivity index (χ0) is 15.4. The van der Waals surface area contributed by atoms with Crippen molar-refractivity contribution in [3.63, 3.8) is 0 Å². The van der Waals surface area contributed by atoms with E-state index in [1.54, 1.807) is 4.68 Å². The number of aromatic carboxylic acids is 1. The summed E-state index contributed by atoms with van der Waals surface area (Å²) >= 11 is 0. The molecule has 7 nitrogen and oxygen atoms in total. The Hall–Kier alpha value is -1.47. The van der Waals surface area contributed by atoms with E-state index in [2.05, 4.69) is 36.0 Å². The van der Waals surface area contributed by atoms with Crippen LogP contribution in [0.15, 0.2) is 0 Å². The van der Waals surface area contributed by atoms with E-state index in [1.165, 1.54) is 0 Å². The summed E-state index contributed by atoms with van der Waals surface area (Å²) in [5, 5.41) is 17.1. The number of hydrogen-bond acceptors (Lipinski definition) is 5. The van der Waals surface area contributed by atoms with E-state index >= 15 is 0 Å². The van der Waals surface area contributed by atoms with Crippen LogP contribution in [0.5, 0.6) is 0 Å². The number of carboxylic acids is 1. The van der Waals surface area contributed by atoms with Crippen molar-refractivity contribution in [2.24, 2.45) is 5.92 Å². The van der Waals surface area contributed by atoms with Crippen molar-refractivity contribution in [2.45, 2.75) is 39.8 Å². The van der Waals surface area contributed by atoms with Crippen LogP contribution in [-0.4, -0.2) is 63.3 Å². The van der Waals surface area contributed by atoms with Crippen molar-refractivity contribution in [3.05, 3.63) is 11.4 Å². The molecule has 118 valence electrons. The van der Waals surface area contributed by atoms with Crippen LogP contribution in [-0.2, 0) is 17.7 Å². The van der Waals surface area contributed by atoms with Gasteiger partial charge in [0.1, 0.15) is 0 Å². The summed E-state index contributed by atoms with van der Waals surface area (Å²) in [4.78, 5) is 13.6. The smallest absolute Gasteiger partial charge is 0.358 e. The van der Waals surface area contributed by atoms with Gasteiger partial charge < -0.3 is 9.84 Å². The van der Waals surface area contributed by atoms with E-state index in [9.17, 15) is 9.90 Å². The monoisotopic (exact) mass is 296 g/mol. The predicted octanol–water partition coefficient (Wildman–Crippen LogP) is 0.895. The van der Waals surface area contributed by atoms with Gasteiger partial charge in [0.2, 0.25) is 0 Å². The summed E-state index contributed by atoms with van der Waals surface area (Å²) in [6, 6.07) is 0. The molecular weight excluding hydrogens is 272 g/mol. The van der Waals surface area contributed by atoms with Gasteiger partial charge in [0.25, 0.3) is 0 Å². The predicted molar refractivity (Wildman–Crippen MR) is 77.4 cm³/mol. The first kappa shape index (κ1) is 15.9. The van der Waals surface area contributed by atoms with Crippen LogP contribution in [0.2, 0.25) is 0 Å². The van der Waals surface area contributed by atoms with E-state index < -0.39 is 5.97 Å². The van der Waals surface area contributed by atoms with Gasteiger partial charge in [-0.25, -0.2) is 9.48 Å². The molecule has 0 radical (unpaired) electrons. The molecule has 1 saturated heterocycles. The summed E-state index contributed by atoms with van der Waals surface area (Å²) in [5.74, 6) is -0.670. The Morgan fingerprint density at radius 1 is 1.52 bits per heavy atom. The van der Waals surface area contributed by atoms with Crippen molar-refractivity contribution in [2.75, 3.05) is 26.2 Å². The minimum atomic E-state index is -1.02. The Morgan fingerprint density at radius 2 is 2.29 bits per heavy atom. The number of ether oxygens (including phenoxy) is 1. The highest BCUT2D eigenvalue weighted by Crippen LogP contribution is 2.14. The van der Waals surface area contributed by atoms with Gasteiger partial charge in [0.15, 0.2) is 5.69 Å². The molecular formula is C14H24N4O3. The molecule has 2 rings (SSSR count). The number of carboxylic acid groups (broad SMARTS) is 1. The molecule has 0 aliphatic carbocycles. The van der Waals surface area contributed by atoms with Crippen LogP contribution >= 0.6 is 0 Å². The number of likely N-dealkylation sites (N-methyl/N-ethyl adjacent to an activating group) is 1. The number of hydrogen-bond donors (Lipinski definition) is 1. The standard InChI is InChI=1S/C14H24N4O3/c1-4-17-5-6-21-11(8-17)9-18-12(7-10(2)3)13(14(19)20)15-16-18/h10-11H,4-9H2,1-3H3,(H,19,20). The van der Waals surface area contributed by atoms with E-state index in [4.69, 9.17) is 4.74 Å².